The number of nitrogens with zero attached hydrogens (tertiary/aromatic N) is 3. The van der Waals surface area contributed by atoms with Crippen LogP contribution in [0.25, 0.3) is 0 Å². The molecule has 5 heteroatoms. The lowest BCUT2D eigenvalue weighted by molar-refractivity contribution is -0.150. The second-order valence-electron chi connectivity index (χ2n) is 4.84. The molecule has 5 nitrogen and oxygen atoms in total. The normalized spacial score (nSPS) is 23.2. The van der Waals surface area contributed by atoms with Gasteiger partial charge in [0, 0.05) is 18.3 Å². The zero-order valence-corrected chi connectivity index (χ0v) is 11.0. The Morgan fingerprint density at radius 1 is 1.68 bits per heavy atom. The van der Waals surface area contributed by atoms with E-state index < -0.39 is 11.5 Å². The molecule has 1 unspecified atom stereocenters. The molecule has 0 amide bonds. The Kier molecular flexibility index (Phi) is 3.82. The molecule has 1 atom stereocenters. The molecule has 1 aliphatic heterocycles. The minimum Gasteiger partial charge on any atom is -0.480 e. The summed E-state index contributed by atoms with van der Waals surface area (Å²) in [5.41, 5.74) is 0.388. The lowest BCUT2D eigenvalue weighted by atomic mass is 9.92. The molecule has 100 valence electrons. The second kappa shape index (κ2) is 5.37. The third-order valence-corrected chi connectivity index (χ3v) is 3.97. The minimum atomic E-state index is -0.789. The van der Waals surface area contributed by atoms with Gasteiger partial charge in [0.1, 0.15) is 17.3 Å². The van der Waals surface area contributed by atoms with Gasteiger partial charge in [-0.15, -0.1) is 0 Å². The van der Waals surface area contributed by atoms with Crippen molar-refractivity contribution in [2.75, 3.05) is 6.54 Å². The van der Waals surface area contributed by atoms with Gasteiger partial charge in [-0.2, -0.15) is 5.26 Å². The molecule has 0 saturated carbocycles. The van der Waals surface area contributed by atoms with E-state index >= 15 is 0 Å². The molecule has 19 heavy (non-hydrogen) atoms. The lowest BCUT2D eigenvalue weighted by Gasteiger charge is -2.33. The molecule has 2 rings (SSSR count). The number of aliphatic carboxylic acids is 1. The van der Waals surface area contributed by atoms with Crippen molar-refractivity contribution in [1.82, 2.24) is 9.88 Å². The number of carbonyl (C=O) groups is 1. The van der Waals surface area contributed by atoms with E-state index in [4.69, 9.17) is 5.26 Å². The number of aromatic nitrogens is 1. The zero-order chi connectivity index (χ0) is 13.9. The molecule has 1 fully saturated rings. The Morgan fingerprint density at radius 2 is 2.47 bits per heavy atom. The first-order chi connectivity index (χ1) is 9.14. The summed E-state index contributed by atoms with van der Waals surface area (Å²) >= 11 is 0. The zero-order valence-electron chi connectivity index (χ0n) is 11.0. The third kappa shape index (κ3) is 2.32. The van der Waals surface area contributed by atoms with Gasteiger partial charge in [0.25, 0.3) is 0 Å². The average Bonchev–Trinajstić information content (AvgIpc) is 2.83. The first-order valence-corrected chi connectivity index (χ1v) is 6.46. The van der Waals surface area contributed by atoms with Gasteiger partial charge in [0.05, 0.1) is 0 Å². The van der Waals surface area contributed by atoms with Crippen LogP contribution in [0.2, 0.25) is 0 Å². The molecule has 0 aliphatic carbocycles. The smallest absolute Gasteiger partial charge is 0.324 e. The van der Waals surface area contributed by atoms with Crippen LogP contribution in [0.3, 0.4) is 0 Å². The van der Waals surface area contributed by atoms with E-state index in [1.807, 2.05) is 17.9 Å². The quantitative estimate of drug-likeness (QED) is 0.891. The fraction of sp³-hybridized carbons (Fsp3) is 0.500. The summed E-state index contributed by atoms with van der Waals surface area (Å²) in [6, 6.07) is 5.68. The Bertz CT molecular complexity index is 524. The molecule has 2 heterocycles. The fourth-order valence-electron chi connectivity index (χ4n) is 2.83. The maximum absolute atomic E-state index is 11.6. The predicted molar refractivity (Wildman–Crippen MR) is 69.3 cm³/mol. The maximum Gasteiger partial charge on any atom is 0.324 e. The van der Waals surface area contributed by atoms with E-state index in [0.717, 1.165) is 18.5 Å². The topological polar surface area (TPSA) is 77.2 Å². The highest BCUT2D eigenvalue weighted by molar-refractivity contribution is 5.79. The summed E-state index contributed by atoms with van der Waals surface area (Å²) in [6.45, 7) is 3.12. The molecule has 0 spiro atoms. The van der Waals surface area contributed by atoms with E-state index in [1.165, 1.54) is 0 Å². The van der Waals surface area contributed by atoms with Crippen molar-refractivity contribution in [1.29, 1.82) is 5.26 Å². The molecule has 0 aromatic carbocycles. The Morgan fingerprint density at radius 3 is 3.11 bits per heavy atom. The maximum atomic E-state index is 11.6. The van der Waals surface area contributed by atoms with Crippen LogP contribution in [-0.4, -0.2) is 33.0 Å². The first-order valence-electron chi connectivity index (χ1n) is 6.46. The first kappa shape index (κ1) is 13.5. The van der Waals surface area contributed by atoms with Crippen molar-refractivity contribution in [2.24, 2.45) is 0 Å². The highest BCUT2D eigenvalue weighted by Crippen LogP contribution is 2.34. The van der Waals surface area contributed by atoms with Gasteiger partial charge < -0.3 is 5.11 Å². The molecule has 0 radical (unpaired) electrons. The highest BCUT2D eigenvalue weighted by atomic mass is 16.4. The Labute approximate surface area is 112 Å². The number of pyridine rings is 1. The number of likely N-dealkylation sites (tertiary alicyclic amines) is 1. The van der Waals surface area contributed by atoms with Crippen LogP contribution < -0.4 is 0 Å². The minimum absolute atomic E-state index is 0.379. The van der Waals surface area contributed by atoms with Crippen molar-refractivity contribution in [3.63, 3.8) is 0 Å². The molecule has 1 N–H and O–H groups in total. The molecular formula is C14H17N3O2. The van der Waals surface area contributed by atoms with Gasteiger partial charge in [-0.3, -0.25) is 9.69 Å². The van der Waals surface area contributed by atoms with Crippen LogP contribution in [0.5, 0.6) is 0 Å². The van der Waals surface area contributed by atoms with Crippen molar-refractivity contribution in [2.45, 2.75) is 38.3 Å². The van der Waals surface area contributed by atoms with Crippen LogP contribution in [0.1, 0.15) is 37.4 Å². The van der Waals surface area contributed by atoms with Crippen molar-refractivity contribution in [3.8, 4) is 6.07 Å². The van der Waals surface area contributed by atoms with Crippen molar-refractivity contribution >= 4 is 5.97 Å². The summed E-state index contributed by atoms with van der Waals surface area (Å²) in [4.78, 5) is 17.6. The standard InChI is InChI=1S/C14H17N3O2/c1-2-14(13(18)19)6-4-8-17(14)10-11-5-3-7-16-12(11)9-15/h3,5,7H,2,4,6,8,10H2,1H3,(H,18,19). The van der Waals surface area contributed by atoms with Crippen LogP contribution in [-0.2, 0) is 11.3 Å². The van der Waals surface area contributed by atoms with Gasteiger partial charge in [-0.05, 0) is 31.9 Å². The van der Waals surface area contributed by atoms with Crippen molar-refractivity contribution in [3.05, 3.63) is 29.6 Å². The SMILES string of the molecule is CCC1(C(=O)O)CCCN1Cc1cccnc1C#N. The highest BCUT2D eigenvalue weighted by Gasteiger charge is 2.46. The summed E-state index contributed by atoms with van der Waals surface area (Å²) in [7, 11) is 0. The van der Waals surface area contributed by atoms with E-state index in [9.17, 15) is 9.90 Å². The largest absolute Gasteiger partial charge is 0.480 e. The molecule has 1 aromatic rings. The average molecular weight is 259 g/mol. The van der Waals surface area contributed by atoms with Crippen LogP contribution in [0, 0.1) is 11.3 Å². The van der Waals surface area contributed by atoms with E-state index in [-0.39, 0.29) is 0 Å². The summed E-state index contributed by atoms with van der Waals surface area (Å²) in [5.74, 6) is -0.769. The summed E-state index contributed by atoms with van der Waals surface area (Å²) in [5, 5.41) is 18.6. The molecular weight excluding hydrogens is 242 g/mol. The Balaban J connectivity index is 2.28. The number of hydrogen-bond acceptors (Lipinski definition) is 4. The van der Waals surface area contributed by atoms with Gasteiger partial charge in [0.2, 0.25) is 0 Å². The van der Waals surface area contributed by atoms with Gasteiger partial charge in [-0.1, -0.05) is 13.0 Å². The number of carboxylic acid groups (broad SMARTS) is 1. The fourth-order valence-corrected chi connectivity index (χ4v) is 2.83. The number of nitriles is 1. The summed E-state index contributed by atoms with van der Waals surface area (Å²) < 4.78 is 0. The second-order valence-corrected chi connectivity index (χ2v) is 4.84. The van der Waals surface area contributed by atoms with Gasteiger partial charge in [-0.25, -0.2) is 4.98 Å². The molecule has 0 bridgehead atoms. The number of rotatable bonds is 4. The van der Waals surface area contributed by atoms with E-state index in [1.54, 1.807) is 12.3 Å². The number of carboxylic acids is 1. The van der Waals surface area contributed by atoms with E-state index in [2.05, 4.69) is 11.1 Å². The monoisotopic (exact) mass is 259 g/mol. The lowest BCUT2D eigenvalue weighted by Crippen LogP contribution is -2.49. The third-order valence-electron chi connectivity index (χ3n) is 3.97. The van der Waals surface area contributed by atoms with Crippen LogP contribution in [0.15, 0.2) is 18.3 Å². The van der Waals surface area contributed by atoms with Crippen LogP contribution in [0.4, 0.5) is 0 Å². The van der Waals surface area contributed by atoms with Crippen LogP contribution >= 0.6 is 0 Å². The predicted octanol–water partition coefficient (Wildman–Crippen LogP) is 1.78. The van der Waals surface area contributed by atoms with Crippen molar-refractivity contribution < 1.29 is 9.90 Å². The molecule has 1 saturated heterocycles. The summed E-state index contributed by atoms with van der Waals surface area (Å²) in [6.07, 6.45) is 3.70. The van der Waals surface area contributed by atoms with Gasteiger partial charge >= 0.3 is 5.97 Å². The molecule has 1 aromatic heterocycles. The van der Waals surface area contributed by atoms with E-state index in [0.29, 0.717) is 25.1 Å². The number of hydrogen-bond donors (Lipinski definition) is 1. The molecule has 1 aliphatic rings. The Hall–Kier alpha value is -1.93. The van der Waals surface area contributed by atoms with Gasteiger partial charge in [0.15, 0.2) is 0 Å².